The van der Waals surface area contributed by atoms with Crippen molar-refractivity contribution in [1.29, 1.82) is 0 Å². The summed E-state index contributed by atoms with van der Waals surface area (Å²) in [7, 11) is 2.00. The Hall–Kier alpha value is -0.540. The third kappa shape index (κ3) is 3.51. The minimum atomic E-state index is 0.377. The van der Waals surface area contributed by atoms with Gasteiger partial charge in [-0.2, -0.15) is 0 Å². The van der Waals surface area contributed by atoms with Crippen LogP contribution in [0.1, 0.15) is 38.8 Å². The highest BCUT2D eigenvalue weighted by Crippen LogP contribution is 2.31. The number of rotatable bonds is 3. The summed E-state index contributed by atoms with van der Waals surface area (Å²) in [6, 6.07) is 7.15. The second kappa shape index (κ2) is 6.27. The number of benzene rings is 1. The van der Waals surface area contributed by atoms with Gasteiger partial charge in [-0.1, -0.05) is 35.8 Å². The third-order valence-electron chi connectivity index (χ3n) is 4.12. The number of piperidine rings is 1. The monoisotopic (exact) mass is 324 g/mol. The van der Waals surface area contributed by atoms with Crippen LogP contribution >= 0.6 is 15.9 Å². The van der Waals surface area contributed by atoms with Crippen LogP contribution in [-0.2, 0) is 0 Å². The predicted octanol–water partition coefficient (Wildman–Crippen LogP) is 4.21. The number of nitrogens with one attached hydrogen (secondary N) is 1. The Balaban J connectivity index is 2.19. The third-order valence-corrected chi connectivity index (χ3v) is 4.80. The van der Waals surface area contributed by atoms with E-state index in [4.69, 9.17) is 0 Å². The van der Waals surface area contributed by atoms with Crippen LogP contribution in [0.2, 0.25) is 0 Å². The van der Waals surface area contributed by atoms with Crippen LogP contribution in [0, 0.1) is 11.8 Å². The summed E-state index contributed by atoms with van der Waals surface area (Å²) in [5.74, 6) is 1.58. The molecule has 0 spiro atoms. The van der Waals surface area contributed by atoms with Crippen LogP contribution in [0.3, 0.4) is 0 Å². The molecule has 0 aliphatic carbocycles. The minimum absolute atomic E-state index is 0.377. The van der Waals surface area contributed by atoms with E-state index < -0.39 is 0 Å². The molecule has 1 fully saturated rings. The normalized spacial score (nSPS) is 25.4. The van der Waals surface area contributed by atoms with Crippen molar-refractivity contribution in [2.24, 2.45) is 11.8 Å². The Morgan fingerprint density at radius 3 is 2.42 bits per heavy atom. The first kappa shape index (κ1) is 14.9. The van der Waals surface area contributed by atoms with E-state index in [1.165, 1.54) is 35.2 Å². The zero-order valence-corrected chi connectivity index (χ0v) is 14.0. The number of anilines is 1. The van der Waals surface area contributed by atoms with Crippen molar-refractivity contribution in [3.05, 3.63) is 28.2 Å². The van der Waals surface area contributed by atoms with E-state index >= 15 is 0 Å². The van der Waals surface area contributed by atoms with Crippen LogP contribution in [0.25, 0.3) is 0 Å². The van der Waals surface area contributed by atoms with Crippen molar-refractivity contribution in [3.8, 4) is 0 Å². The molecular weight excluding hydrogens is 300 g/mol. The quantitative estimate of drug-likeness (QED) is 0.895. The van der Waals surface area contributed by atoms with Crippen molar-refractivity contribution in [3.63, 3.8) is 0 Å². The van der Waals surface area contributed by atoms with Gasteiger partial charge < -0.3 is 10.2 Å². The topological polar surface area (TPSA) is 15.3 Å². The molecule has 106 valence electrons. The summed E-state index contributed by atoms with van der Waals surface area (Å²) < 4.78 is 1.21. The van der Waals surface area contributed by atoms with Gasteiger partial charge in [0.25, 0.3) is 0 Å². The maximum absolute atomic E-state index is 3.72. The van der Waals surface area contributed by atoms with E-state index in [-0.39, 0.29) is 0 Å². The summed E-state index contributed by atoms with van der Waals surface area (Å²) in [5, 5.41) is 3.29. The first-order valence-electron chi connectivity index (χ1n) is 7.23. The first-order valence-corrected chi connectivity index (χ1v) is 8.02. The molecule has 1 aromatic carbocycles. The lowest BCUT2D eigenvalue weighted by Crippen LogP contribution is -2.38. The molecule has 1 aromatic rings. The molecular formula is C16H25BrN2. The molecule has 1 aliphatic heterocycles. The van der Waals surface area contributed by atoms with Crippen LogP contribution in [0.5, 0.6) is 0 Å². The van der Waals surface area contributed by atoms with Gasteiger partial charge in [0, 0.05) is 29.3 Å². The van der Waals surface area contributed by atoms with E-state index in [9.17, 15) is 0 Å². The van der Waals surface area contributed by atoms with Crippen LogP contribution in [0.4, 0.5) is 5.69 Å². The SMILES string of the molecule is CNC(C)c1ccc(N2CC(C)CC(C)C2)cc1Br. The van der Waals surface area contributed by atoms with Crippen LogP contribution in [-0.4, -0.2) is 20.1 Å². The first-order chi connectivity index (χ1) is 9.01. The van der Waals surface area contributed by atoms with Gasteiger partial charge in [-0.15, -0.1) is 0 Å². The lowest BCUT2D eigenvalue weighted by atomic mass is 9.91. The Morgan fingerprint density at radius 1 is 1.26 bits per heavy atom. The molecule has 1 aliphatic rings. The highest BCUT2D eigenvalue weighted by atomic mass is 79.9. The summed E-state index contributed by atoms with van der Waals surface area (Å²) in [6.07, 6.45) is 1.35. The fraction of sp³-hybridized carbons (Fsp3) is 0.625. The van der Waals surface area contributed by atoms with Crippen molar-refractivity contribution in [1.82, 2.24) is 5.32 Å². The minimum Gasteiger partial charge on any atom is -0.371 e. The summed E-state index contributed by atoms with van der Waals surface area (Å²) in [6.45, 7) is 9.25. The fourth-order valence-corrected chi connectivity index (χ4v) is 3.80. The standard InChI is InChI=1S/C16H25BrN2/c1-11-7-12(2)10-19(9-11)14-5-6-15(13(3)18-4)16(17)8-14/h5-6,8,11-13,18H,7,9-10H2,1-4H3. The van der Waals surface area contributed by atoms with E-state index in [0.29, 0.717) is 6.04 Å². The lowest BCUT2D eigenvalue weighted by molar-refractivity contribution is 0.357. The smallest absolute Gasteiger partial charge is 0.0377 e. The van der Waals surface area contributed by atoms with Crippen molar-refractivity contribution < 1.29 is 0 Å². The average molecular weight is 325 g/mol. The molecule has 0 aromatic heterocycles. The van der Waals surface area contributed by atoms with Crippen LogP contribution < -0.4 is 10.2 Å². The van der Waals surface area contributed by atoms with E-state index in [0.717, 1.165) is 11.8 Å². The van der Waals surface area contributed by atoms with Crippen molar-refractivity contribution in [2.45, 2.75) is 33.2 Å². The molecule has 2 rings (SSSR count). The van der Waals surface area contributed by atoms with Crippen molar-refractivity contribution in [2.75, 3.05) is 25.0 Å². The molecule has 2 nitrogen and oxygen atoms in total. The van der Waals surface area contributed by atoms with E-state index in [1.807, 2.05) is 7.05 Å². The second-order valence-electron chi connectivity index (χ2n) is 6.07. The molecule has 1 saturated heterocycles. The maximum Gasteiger partial charge on any atom is 0.0377 e. The fourth-order valence-electron chi connectivity index (χ4n) is 3.09. The Bertz CT molecular complexity index is 423. The number of nitrogens with zero attached hydrogens (tertiary/aromatic N) is 1. The molecule has 3 unspecified atom stereocenters. The van der Waals surface area contributed by atoms with Gasteiger partial charge in [-0.05, 0) is 49.9 Å². The average Bonchev–Trinajstić information content (AvgIpc) is 2.36. The summed E-state index contributed by atoms with van der Waals surface area (Å²) in [4.78, 5) is 2.53. The molecule has 0 saturated carbocycles. The van der Waals surface area contributed by atoms with Crippen LogP contribution in [0.15, 0.2) is 22.7 Å². The molecule has 19 heavy (non-hydrogen) atoms. The van der Waals surface area contributed by atoms with Crippen molar-refractivity contribution >= 4 is 21.6 Å². The number of hydrogen-bond donors (Lipinski definition) is 1. The zero-order valence-electron chi connectivity index (χ0n) is 12.4. The number of hydrogen-bond acceptors (Lipinski definition) is 2. The molecule has 0 bridgehead atoms. The summed E-state index contributed by atoms with van der Waals surface area (Å²) in [5.41, 5.74) is 2.67. The van der Waals surface area contributed by atoms with Gasteiger partial charge in [-0.25, -0.2) is 0 Å². The van der Waals surface area contributed by atoms with Gasteiger partial charge in [0.05, 0.1) is 0 Å². The Kier molecular flexibility index (Phi) is 4.91. The summed E-state index contributed by atoms with van der Waals surface area (Å²) >= 11 is 3.72. The van der Waals surface area contributed by atoms with Gasteiger partial charge in [0.2, 0.25) is 0 Å². The Labute approximate surface area is 125 Å². The van der Waals surface area contributed by atoms with Gasteiger partial charge in [0.15, 0.2) is 0 Å². The number of halogens is 1. The molecule has 1 N–H and O–H groups in total. The lowest BCUT2D eigenvalue weighted by Gasteiger charge is -2.37. The molecule has 3 heteroatoms. The van der Waals surface area contributed by atoms with E-state index in [2.05, 4.69) is 65.1 Å². The molecule has 0 amide bonds. The maximum atomic E-state index is 3.72. The highest BCUT2D eigenvalue weighted by molar-refractivity contribution is 9.10. The molecule has 0 radical (unpaired) electrons. The Morgan fingerprint density at radius 2 is 1.89 bits per heavy atom. The largest absolute Gasteiger partial charge is 0.371 e. The zero-order chi connectivity index (χ0) is 14.0. The molecule has 3 atom stereocenters. The van der Waals surface area contributed by atoms with Gasteiger partial charge in [-0.3, -0.25) is 0 Å². The van der Waals surface area contributed by atoms with E-state index in [1.54, 1.807) is 0 Å². The van der Waals surface area contributed by atoms with Gasteiger partial charge in [0.1, 0.15) is 0 Å². The highest BCUT2D eigenvalue weighted by Gasteiger charge is 2.22. The predicted molar refractivity (Wildman–Crippen MR) is 86.8 cm³/mol. The second-order valence-corrected chi connectivity index (χ2v) is 6.92. The molecule has 1 heterocycles. The van der Waals surface area contributed by atoms with Gasteiger partial charge >= 0.3 is 0 Å².